The molecular formula is C27H21ClN4O2. The predicted molar refractivity (Wildman–Crippen MR) is 131 cm³/mol. The summed E-state index contributed by atoms with van der Waals surface area (Å²) in [6, 6.07) is 20.4. The zero-order chi connectivity index (χ0) is 23.5. The number of carbonyl (C=O) groups is 1. The van der Waals surface area contributed by atoms with Crippen LogP contribution in [0, 0.1) is 11.3 Å². The fourth-order valence-corrected chi connectivity index (χ4v) is 4.48. The van der Waals surface area contributed by atoms with E-state index in [0.29, 0.717) is 27.7 Å². The number of esters is 1. The van der Waals surface area contributed by atoms with E-state index in [2.05, 4.69) is 16.3 Å². The first-order chi connectivity index (χ1) is 16.6. The van der Waals surface area contributed by atoms with Crippen molar-refractivity contribution in [2.24, 2.45) is 0 Å². The van der Waals surface area contributed by atoms with Crippen molar-refractivity contribution < 1.29 is 9.53 Å². The molecule has 34 heavy (non-hydrogen) atoms. The number of nitrogens with zero attached hydrogens (tertiary/aromatic N) is 4. The molecule has 0 saturated heterocycles. The molecule has 0 N–H and O–H groups in total. The zero-order valence-electron chi connectivity index (χ0n) is 18.4. The lowest BCUT2D eigenvalue weighted by molar-refractivity contribution is 0.0735. The number of hydrogen-bond donors (Lipinski definition) is 0. The van der Waals surface area contributed by atoms with E-state index in [9.17, 15) is 10.1 Å². The number of halogens is 1. The minimum atomic E-state index is -0.543. The molecule has 0 bridgehead atoms. The Morgan fingerprint density at radius 1 is 1.06 bits per heavy atom. The molecule has 5 rings (SSSR count). The predicted octanol–water partition coefficient (Wildman–Crippen LogP) is 6.09. The molecule has 7 heteroatoms. The maximum absolute atomic E-state index is 12.7. The average Bonchev–Trinajstić information content (AvgIpc) is 3.10. The molecule has 1 aliphatic rings. The summed E-state index contributed by atoms with van der Waals surface area (Å²) in [7, 11) is 0. The number of aryl methyl sites for hydroxylation is 1. The number of nitriles is 1. The lowest BCUT2D eigenvalue weighted by Gasteiger charge is -2.10. The maximum Gasteiger partial charge on any atom is 0.345 e. The van der Waals surface area contributed by atoms with E-state index in [1.165, 1.54) is 0 Å². The summed E-state index contributed by atoms with van der Waals surface area (Å²) in [4.78, 5) is 12.7. The molecule has 168 valence electrons. The maximum atomic E-state index is 12.7. The van der Waals surface area contributed by atoms with Crippen LogP contribution in [0.4, 0.5) is 0 Å². The zero-order valence-corrected chi connectivity index (χ0v) is 19.1. The smallest absolute Gasteiger partial charge is 0.345 e. The van der Waals surface area contributed by atoms with Crippen molar-refractivity contribution in [1.82, 2.24) is 14.8 Å². The van der Waals surface area contributed by atoms with Crippen LogP contribution in [0.15, 0.2) is 60.7 Å². The van der Waals surface area contributed by atoms with Gasteiger partial charge >= 0.3 is 5.97 Å². The van der Waals surface area contributed by atoms with Gasteiger partial charge in [0.2, 0.25) is 0 Å². The number of aromatic nitrogens is 3. The van der Waals surface area contributed by atoms with E-state index in [4.69, 9.17) is 16.3 Å². The van der Waals surface area contributed by atoms with Gasteiger partial charge in [-0.1, -0.05) is 54.4 Å². The molecule has 0 spiro atoms. The van der Waals surface area contributed by atoms with Crippen LogP contribution in [0.5, 0.6) is 5.75 Å². The summed E-state index contributed by atoms with van der Waals surface area (Å²) in [5.41, 5.74) is 1.46. The third-order valence-corrected chi connectivity index (χ3v) is 6.27. The van der Waals surface area contributed by atoms with Gasteiger partial charge in [-0.25, -0.2) is 4.79 Å². The number of fused-ring (bicyclic) bond motifs is 2. The monoisotopic (exact) mass is 468 g/mol. The van der Waals surface area contributed by atoms with Crippen molar-refractivity contribution in [1.29, 1.82) is 5.26 Å². The van der Waals surface area contributed by atoms with Crippen molar-refractivity contribution in [2.75, 3.05) is 0 Å². The Morgan fingerprint density at radius 3 is 2.74 bits per heavy atom. The molecule has 0 atom stereocenters. The summed E-state index contributed by atoms with van der Waals surface area (Å²) in [6.45, 7) is 0.799. The Morgan fingerprint density at radius 2 is 1.88 bits per heavy atom. The van der Waals surface area contributed by atoms with Crippen molar-refractivity contribution >= 4 is 40.0 Å². The van der Waals surface area contributed by atoms with Crippen LogP contribution >= 0.6 is 11.6 Å². The first kappa shape index (κ1) is 21.9. The largest absolute Gasteiger partial charge is 0.423 e. The standard InChI is InChI=1S/C27H21ClN4O2/c28-24-11-6-5-10-23(24)27(33)34-21-15-18-8-3-4-9-22(18)19(16-21)14-20(17-29)26-31-30-25-12-2-1-7-13-32(25)26/h3-6,8-11,14-16H,1-2,7,12-13H2. The highest BCUT2D eigenvalue weighted by Gasteiger charge is 2.19. The molecule has 3 aromatic carbocycles. The van der Waals surface area contributed by atoms with Gasteiger partial charge in [-0.05, 0) is 59.5 Å². The number of rotatable bonds is 4. The molecule has 0 radical (unpaired) electrons. The Balaban J connectivity index is 1.57. The van der Waals surface area contributed by atoms with Crippen LogP contribution in [0.3, 0.4) is 0 Å². The number of benzene rings is 3. The van der Waals surface area contributed by atoms with Crippen LogP contribution in [0.1, 0.15) is 46.8 Å². The highest BCUT2D eigenvalue weighted by atomic mass is 35.5. The first-order valence-electron chi connectivity index (χ1n) is 11.2. The van der Waals surface area contributed by atoms with Crippen LogP contribution in [-0.4, -0.2) is 20.7 Å². The van der Waals surface area contributed by atoms with E-state index in [1.54, 1.807) is 42.5 Å². The molecule has 0 fully saturated rings. The number of ether oxygens (including phenoxy) is 1. The second-order valence-corrected chi connectivity index (χ2v) is 8.58. The SMILES string of the molecule is N#CC(=Cc1cc(OC(=O)c2ccccc2Cl)cc2ccccc12)c1nnc2n1CCCCC2. The summed E-state index contributed by atoms with van der Waals surface area (Å²) in [5.74, 6) is 1.31. The van der Waals surface area contributed by atoms with Gasteiger partial charge in [0.1, 0.15) is 17.6 Å². The summed E-state index contributed by atoms with van der Waals surface area (Å²) >= 11 is 6.16. The molecule has 0 aliphatic carbocycles. The Labute approximate surface area is 202 Å². The lowest BCUT2D eigenvalue weighted by atomic mass is 10.0. The molecule has 0 saturated carbocycles. The van der Waals surface area contributed by atoms with Gasteiger partial charge in [0.05, 0.1) is 16.2 Å². The summed E-state index contributed by atoms with van der Waals surface area (Å²) in [5, 5.41) is 20.8. The summed E-state index contributed by atoms with van der Waals surface area (Å²) in [6.07, 6.45) is 5.90. The number of allylic oxidation sites excluding steroid dienone is 1. The topological polar surface area (TPSA) is 80.8 Å². The summed E-state index contributed by atoms with van der Waals surface area (Å²) < 4.78 is 7.72. The van der Waals surface area contributed by atoms with Gasteiger partial charge < -0.3 is 9.30 Å². The van der Waals surface area contributed by atoms with Crippen molar-refractivity contribution in [3.8, 4) is 11.8 Å². The van der Waals surface area contributed by atoms with Crippen LogP contribution < -0.4 is 4.74 Å². The molecule has 1 aliphatic heterocycles. The lowest BCUT2D eigenvalue weighted by Crippen LogP contribution is -2.09. The second kappa shape index (κ2) is 9.50. The second-order valence-electron chi connectivity index (χ2n) is 8.17. The fourth-order valence-electron chi connectivity index (χ4n) is 4.27. The average molecular weight is 469 g/mol. The molecule has 0 amide bonds. The van der Waals surface area contributed by atoms with Gasteiger partial charge in [-0.2, -0.15) is 5.26 Å². The third kappa shape index (κ3) is 4.30. The minimum Gasteiger partial charge on any atom is -0.423 e. The van der Waals surface area contributed by atoms with Gasteiger partial charge in [0, 0.05) is 13.0 Å². The quantitative estimate of drug-likeness (QED) is 0.205. The molecule has 6 nitrogen and oxygen atoms in total. The van der Waals surface area contributed by atoms with Gasteiger partial charge in [0.15, 0.2) is 5.82 Å². The van der Waals surface area contributed by atoms with Gasteiger partial charge in [-0.15, -0.1) is 10.2 Å². The van der Waals surface area contributed by atoms with Crippen LogP contribution in [-0.2, 0) is 13.0 Å². The Kier molecular flexibility index (Phi) is 6.11. The van der Waals surface area contributed by atoms with E-state index in [1.807, 2.05) is 28.8 Å². The van der Waals surface area contributed by atoms with E-state index < -0.39 is 5.97 Å². The molecular weight excluding hydrogens is 448 g/mol. The highest BCUT2D eigenvalue weighted by molar-refractivity contribution is 6.33. The first-order valence-corrected chi connectivity index (χ1v) is 11.6. The third-order valence-electron chi connectivity index (χ3n) is 5.94. The number of hydrogen-bond acceptors (Lipinski definition) is 5. The van der Waals surface area contributed by atoms with Crippen LogP contribution in [0.25, 0.3) is 22.4 Å². The van der Waals surface area contributed by atoms with E-state index >= 15 is 0 Å². The Hall–Kier alpha value is -3.95. The molecule has 4 aromatic rings. The number of carbonyl (C=O) groups excluding carboxylic acids is 1. The van der Waals surface area contributed by atoms with Crippen LogP contribution in [0.2, 0.25) is 5.02 Å². The molecule has 2 heterocycles. The molecule has 0 unspecified atom stereocenters. The van der Waals surface area contributed by atoms with Crippen molar-refractivity contribution in [2.45, 2.75) is 32.2 Å². The Bertz CT molecular complexity index is 1470. The van der Waals surface area contributed by atoms with E-state index in [-0.39, 0.29) is 0 Å². The minimum absolute atomic E-state index is 0.290. The van der Waals surface area contributed by atoms with Gasteiger partial charge in [0.25, 0.3) is 0 Å². The normalized spacial score (nSPS) is 13.7. The fraction of sp³-hybridized carbons (Fsp3) is 0.185. The van der Waals surface area contributed by atoms with E-state index in [0.717, 1.165) is 54.4 Å². The highest BCUT2D eigenvalue weighted by Crippen LogP contribution is 2.30. The van der Waals surface area contributed by atoms with Crippen molar-refractivity contribution in [3.05, 3.63) is 88.5 Å². The van der Waals surface area contributed by atoms with Crippen molar-refractivity contribution in [3.63, 3.8) is 0 Å². The molecule has 1 aromatic heterocycles. The van der Waals surface area contributed by atoms with Gasteiger partial charge in [-0.3, -0.25) is 0 Å².